The van der Waals surface area contributed by atoms with E-state index in [0.717, 1.165) is 18.6 Å². The molecule has 1 aliphatic carbocycles. The van der Waals surface area contributed by atoms with E-state index >= 15 is 0 Å². The number of rotatable bonds is 7. The number of ether oxygens (including phenoxy) is 1. The van der Waals surface area contributed by atoms with Gasteiger partial charge >= 0.3 is 6.09 Å². The van der Waals surface area contributed by atoms with Crippen LogP contribution in [0, 0.1) is 5.92 Å². The molecule has 0 saturated heterocycles. The summed E-state index contributed by atoms with van der Waals surface area (Å²) in [6.45, 7) is 5.48. The van der Waals surface area contributed by atoms with Crippen LogP contribution in [0.1, 0.15) is 65.7 Å². The third-order valence-corrected chi connectivity index (χ3v) is 4.55. The van der Waals surface area contributed by atoms with E-state index in [4.69, 9.17) is 4.74 Å². The largest absolute Gasteiger partial charge is 0.444 e. The smallest absolute Gasteiger partial charge is 0.408 e. The highest BCUT2D eigenvalue weighted by atomic mass is 32.2. The summed E-state index contributed by atoms with van der Waals surface area (Å²) in [5.74, 6) is 1.52. The molecule has 4 nitrogen and oxygen atoms in total. The minimum absolute atomic E-state index is 0.159. The standard InChI is InChI=1S/C17H31NO3S/c1-17(2,3)21-16(20)18-14(10-11-22-4)15(19)12-13-8-6-5-7-9-13/h13-14H,5-12H2,1-4H3,(H,18,20). The third kappa shape index (κ3) is 8.06. The van der Waals surface area contributed by atoms with Gasteiger partial charge < -0.3 is 10.1 Å². The van der Waals surface area contributed by atoms with Crippen LogP contribution in [0.2, 0.25) is 0 Å². The molecule has 0 radical (unpaired) electrons. The first-order valence-electron chi connectivity index (χ1n) is 8.33. The summed E-state index contributed by atoms with van der Waals surface area (Å²) in [4.78, 5) is 24.5. The van der Waals surface area contributed by atoms with Gasteiger partial charge in [-0.1, -0.05) is 32.1 Å². The van der Waals surface area contributed by atoms with Crippen molar-refractivity contribution >= 4 is 23.6 Å². The number of Topliss-reactive ketones (excluding diaryl/α,β-unsaturated/α-hetero) is 1. The average molecular weight is 330 g/mol. The second kappa shape index (κ2) is 9.43. The molecule has 0 aromatic rings. The first-order valence-corrected chi connectivity index (χ1v) is 9.72. The number of hydrogen-bond acceptors (Lipinski definition) is 4. The second-order valence-electron chi connectivity index (χ2n) is 7.15. The van der Waals surface area contributed by atoms with Crippen molar-refractivity contribution in [2.75, 3.05) is 12.0 Å². The van der Waals surface area contributed by atoms with E-state index in [0.29, 0.717) is 18.8 Å². The van der Waals surface area contributed by atoms with E-state index in [1.165, 1.54) is 19.3 Å². The van der Waals surface area contributed by atoms with Crippen LogP contribution in [0.5, 0.6) is 0 Å². The van der Waals surface area contributed by atoms with E-state index in [9.17, 15) is 9.59 Å². The van der Waals surface area contributed by atoms with Crippen LogP contribution in [-0.2, 0) is 9.53 Å². The molecule has 1 amide bonds. The molecule has 0 aromatic heterocycles. The van der Waals surface area contributed by atoms with Gasteiger partial charge in [0.05, 0.1) is 6.04 Å². The lowest BCUT2D eigenvalue weighted by Crippen LogP contribution is -2.44. The van der Waals surface area contributed by atoms with Crippen molar-refractivity contribution in [3.05, 3.63) is 0 Å². The van der Waals surface area contributed by atoms with Gasteiger partial charge in [0.1, 0.15) is 5.60 Å². The highest BCUT2D eigenvalue weighted by Crippen LogP contribution is 2.27. The van der Waals surface area contributed by atoms with Crippen molar-refractivity contribution in [3.8, 4) is 0 Å². The maximum Gasteiger partial charge on any atom is 0.408 e. The van der Waals surface area contributed by atoms with Gasteiger partial charge in [-0.3, -0.25) is 4.79 Å². The van der Waals surface area contributed by atoms with Crippen molar-refractivity contribution in [2.24, 2.45) is 5.92 Å². The fraction of sp³-hybridized carbons (Fsp3) is 0.882. The lowest BCUT2D eigenvalue weighted by Gasteiger charge is -2.25. The van der Waals surface area contributed by atoms with Gasteiger partial charge in [0.15, 0.2) is 5.78 Å². The Morgan fingerprint density at radius 3 is 2.41 bits per heavy atom. The maximum absolute atomic E-state index is 12.5. The van der Waals surface area contributed by atoms with Crippen LogP contribution in [0.15, 0.2) is 0 Å². The van der Waals surface area contributed by atoms with Crippen molar-refractivity contribution in [1.82, 2.24) is 5.32 Å². The number of amides is 1. The zero-order valence-corrected chi connectivity index (χ0v) is 15.3. The molecule has 128 valence electrons. The Kier molecular flexibility index (Phi) is 8.29. The number of nitrogens with one attached hydrogen (secondary N) is 1. The molecule has 5 heteroatoms. The van der Waals surface area contributed by atoms with Crippen molar-refractivity contribution in [1.29, 1.82) is 0 Å². The Morgan fingerprint density at radius 2 is 1.86 bits per heavy atom. The predicted octanol–water partition coefficient (Wildman–Crippen LogP) is 4.17. The van der Waals surface area contributed by atoms with Crippen LogP contribution < -0.4 is 5.32 Å². The normalized spacial score (nSPS) is 17.8. The van der Waals surface area contributed by atoms with Crippen LogP contribution in [-0.4, -0.2) is 35.5 Å². The van der Waals surface area contributed by atoms with Gasteiger partial charge in [0, 0.05) is 6.42 Å². The van der Waals surface area contributed by atoms with Gasteiger partial charge in [-0.05, 0) is 45.1 Å². The molecule has 0 aromatic carbocycles. The number of thioether (sulfide) groups is 1. The molecular weight excluding hydrogens is 298 g/mol. The van der Waals surface area contributed by atoms with Gasteiger partial charge in [-0.2, -0.15) is 11.8 Å². The summed E-state index contributed by atoms with van der Waals surface area (Å²) in [7, 11) is 0. The first-order chi connectivity index (χ1) is 10.3. The Morgan fingerprint density at radius 1 is 1.23 bits per heavy atom. The van der Waals surface area contributed by atoms with Crippen LogP contribution >= 0.6 is 11.8 Å². The fourth-order valence-corrected chi connectivity index (χ4v) is 3.29. The SMILES string of the molecule is CSCCC(NC(=O)OC(C)(C)C)C(=O)CC1CCCCC1. The third-order valence-electron chi connectivity index (χ3n) is 3.90. The van der Waals surface area contributed by atoms with Crippen molar-refractivity contribution in [2.45, 2.75) is 77.4 Å². The number of hydrogen-bond donors (Lipinski definition) is 1. The highest BCUT2D eigenvalue weighted by molar-refractivity contribution is 7.98. The van der Waals surface area contributed by atoms with Gasteiger partial charge in [0.2, 0.25) is 0 Å². The average Bonchev–Trinajstić information content (AvgIpc) is 2.42. The Labute approximate surface area is 139 Å². The minimum atomic E-state index is -0.541. The molecule has 0 spiro atoms. The zero-order chi connectivity index (χ0) is 16.6. The Balaban J connectivity index is 2.53. The zero-order valence-electron chi connectivity index (χ0n) is 14.4. The van der Waals surface area contributed by atoms with Crippen LogP contribution in [0.4, 0.5) is 4.79 Å². The first kappa shape index (κ1) is 19.3. The molecule has 1 unspecified atom stereocenters. The molecule has 1 rings (SSSR count). The predicted molar refractivity (Wildman–Crippen MR) is 92.4 cm³/mol. The van der Waals surface area contributed by atoms with E-state index in [2.05, 4.69) is 5.32 Å². The quantitative estimate of drug-likeness (QED) is 0.761. The molecule has 0 heterocycles. The lowest BCUT2D eigenvalue weighted by atomic mass is 9.84. The monoisotopic (exact) mass is 329 g/mol. The fourth-order valence-electron chi connectivity index (χ4n) is 2.82. The summed E-state index contributed by atoms with van der Waals surface area (Å²) >= 11 is 1.69. The van der Waals surface area contributed by atoms with E-state index in [1.54, 1.807) is 11.8 Å². The van der Waals surface area contributed by atoms with E-state index in [1.807, 2.05) is 27.0 Å². The molecule has 1 atom stereocenters. The minimum Gasteiger partial charge on any atom is -0.444 e. The number of alkyl carbamates (subject to hydrolysis) is 1. The van der Waals surface area contributed by atoms with Crippen LogP contribution in [0.3, 0.4) is 0 Å². The van der Waals surface area contributed by atoms with Crippen molar-refractivity contribution in [3.63, 3.8) is 0 Å². The molecule has 1 aliphatic rings. The molecule has 0 aliphatic heterocycles. The topological polar surface area (TPSA) is 55.4 Å². The highest BCUT2D eigenvalue weighted by Gasteiger charge is 2.26. The summed E-state index contributed by atoms with van der Waals surface area (Å²) in [5, 5.41) is 2.77. The molecule has 22 heavy (non-hydrogen) atoms. The summed E-state index contributed by atoms with van der Waals surface area (Å²) in [6.07, 6.45) is 8.82. The lowest BCUT2D eigenvalue weighted by molar-refractivity contribution is -0.122. The van der Waals surface area contributed by atoms with E-state index < -0.39 is 17.7 Å². The number of ketones is 1. The molecular formula is C17H31NO3S. The Bertz CT molecular complexity index is 359. The van der Waals surface area contributed by atoms with E-state index in [-0.39, 0.29) is 5.78 Å². The second-order valence-corrected chi connectivity index (χ2v) is 8.14. The summed E-state index contributed by atoms with van der Waals surface area (Å²) < 4.78 is 5.28. The van der Waals surface area contributed by atoms with Gasteiger partial charge in [-0.25, -0.2) is 4.79 Å². The summed E-state index contributed by atoms with van der Waals surface area (Å²) in [6, 6.07) is -0.413. The molecule has 1 fully saturated rings. The molecule has 1 saturated carbocycles. The number of carbonyl (C=O) groups is 2. The molecule has 0 bridgehead atoms. The van der Waals surface area contributed by atoms with Gasteiger partial charge in [0.25, 0.3) is 0 Å². The van der Waals surface area contributed by atoms with Crippen molar-refractivity contribution < 1.29 is 14.3 Å². The van der Waals surface area contributed by atoms with Gasteiger partial charge in [-0.15, -0.1) is 0 Å². The Hall–Kier alpha value is -0.710. The summed E-state index contributed by atoms with van der Waals surface area (Å²) in [5.41, 5.74) is -0.541. The van der Waals surface area contributed by atoms with Crippen LogP contribution in [0.25, 0.3) is 0 Å². The number of carbonyl (C=O) groups excluding carboxylic acids is 2. The maximum atomic E-state index is 12.5. The molecule has 1 N–H and O–H groups in total.